The van der Waals surface area contributed by atoms with Crippen LogP contribution < -0.4 is 4.74 Å². The summed E-state index contributed by atoms with van der Waals surface area (Å²) in [5.41, 5.74) is 2.31. The second-order valence-electron chi connectivity index (χ2n) is 4.89. The molecule has 0 radical (unpaired) electrons. The maximum atomic E-state index is 12.7. The van der Waals surface area contributed by atoms with Crippen molar-refractivity contribution in [1.29, 1.82) is 0 Å². The van der Waals surface area contributed by atoms with E-state index in [2.05, 4.69) is 0 Å². The molecule has 0 heterocycles. The van der Waals surface area contributed by atoms with Crippen molar-refractivity contribution in [2.45, 2.75) is 13.8 Å². The number of aromatic carboxylic acids is 1. The minimum atomic E-state index is -1.12. The van der Waals surface area contributed by atoms with Crippen LogP contribution in [0.4, 0.5) is 0 Å². The summed E-state index contributed by atoms with van der Waals surface area (Å²) in [5, 5.41) is 9.24. The summed E-state index contributed by atoms with van der Waals surface area (Å²) in [6.45, 7) is 3.71. The van der Waals surface area contributed by atoms with E-state index >= 15 is 0 Å². The van der Waals surface area contributed by atoms with Gasteiger partial charge in [0.15, 0.2) is 5.78 Å². The molecule has 2 aromatic carbocycles. The van der Waals surface area contributed by atoms with Crippen LogP contribution in [0.2, 0.25) is 0 Å². The van der Waals surface area contributed by atoms with Crippen molar-refractivity contribution in [3.8, 4) is 5.75 Å². The molecule has 0 saturated heterocycles. The third kappa shape index (κ3) is 2.94. The Morgan fingerprint density at radius 2 is 1.48 bits per heavy atom. The van der Waals surface area contributed by atoms with Crippen molar-refractivity contribution in [3.05, 3.63) is 64.2 Å². The molecule has 0 fully saturated rings. The molecule has 2 aromatic rings. The van der Waals surface area contributed by atoms with Gasteiger partial charge in [-0.3, -0.25) is 4.79 Å². The number of carbonyl (C=O) groups excluding carboxylic acids is 1. The van der Waals surface area contributed by atoms with Gasteiger partial charge in [0.25, 0.3) is 0 Å². The highest BCUT2D eigenvalue weighted by Gasteiger charge is 2.20. The molecule has 1 N–H and O–H groups in total. The Kier molecular flexibility index (Phi) is 4.08. The SMILES string of the molecule is COc1cc(C)ccc1C(=O)c1cc(C)ccc1C(=O)O. The summed E-state index contributed by atoms with van der Waals surface area (Å²) in [7, 11) is 1.49. The van der Waals surface area contributed by atoms with Gasteiger partial charge in [-0.25, -0.2) is 4.79 Å². The number of carboxylic acid groups (broad SMARTS) is 1. The molecule has 0 aliphatic heterocycles. The fourth-order valence-corrected chi connectivity index (χ4v) is 2.16. The molecule has 0 aromatic heterocycles. The van der Waals surface area contributed by atoms with E-state index in [1.165, 1.54) is 13.2 Å². The maximum absolute atomic E-state index is 12.7. The zero-order chi connectivity index (χ0) is 15.6. The van der Waals surface area contributed by atoms with Gasteiger partial charge in [0.2, 0.25) is 0 Å². The maximum Gasteiger partial charge on any atom is 0.336 e. The zero-order valence-corrected chi connectivity index (χ0v) is 12.1. The van der Waals surface area contributed by atoms with Gasteiger partial charge in [-0.1, -0.05) is 17.7 Å². The number of hydrogen-bond acceptors (Lipinski definition) is 3. The molecular formula is C17H16O4. The van der Waals surface area contributed by atoms with Crippen LogP contribution in [0.5, 0.6) is 5.75 Å². The highest BCUT2D eigenvalue weighted by atomic mass is 16.5. The van der Waals surface area contributed by atoms with Crippen LogP contribution in [0.1, 0.15) is 37.4 Å². The summed E-state index contributed by atoms with van der Waals surface area (Å²) in [6, 6.07) is 9.92. The summed E-state index contributed by atoms with van der Waals surface area (Å²) >= 11 is 0. The lowest BCUT2D eigenvalue weighted by molar-refractivity contribution is 0.0692. The number of carbonyl (C=O) groups is 2. The Morgan fingerprint density at radius 1 is 0.905 bits per heavy atom. The average molecular weight is 284 g/mol. The molecule has 0 bridgehead atoms. The lowest BCUT2D eigenvalue weighted by Crippen LogP contribution is -2.11. The van der Waals surface area contributed by atoms with Gasteiger partial charge < -0.3 is 9.84 Å². The fraction of sp³-hybridized carbons (Fsp3) is 0.176. The van der Waals surface area contributed by atoms with Gasteiger partial charge in [-0.2, -0.15) is 0 Å². The van der Waals surface area contributed by atoms with Crippen molar-refractivity contribution >= 4 is 11.8 Å². The van der Waals surface area contributed by atoms with Crippen molar-refractivity contribution in [2.75, 3.05) is 7.11 Å². The number of carboxylic acids is 1. The highest BCUT2D eigenvalue weighted by molar-refractivity contribution is 6.15. The van der Waals surface area contributed by atoms with Crippen LogP contribution in [-0.4, -0.2) is 24.0 Å². The average Bonchev–Trinajstić information content (AvgIpc) is 2.45. The van der Waals surface area contributed by atoms with Crippen LogP contribution >= 0.6 is 0 Å². The van der Waals surface area contributed by atoms with E-state index in [0.29, 0.717) is 11.3 Å². The van der Waals surface area contributed by atoms with Crippen molar-refractivity contribution in [2.24, 2.45) is 0 Å². The summed E-state index contributed by atoms with van der Waals surface area (Å²) in [5.74, 6) is -1.03. The smallest absolute Gasteiger partial charge is 0.336 e. The lowest BCUT2D eigenvalue weighted by Gasteiger charge is -2.11. The van der Waals surface area contributed by atoms with Crippen LogP contribution in [0.3, 0.4) is 0 Å². The Balaban J connectivity index is 2.60. The third-order valence-electron chi connectivity index (χ3n) is 3.25. The molecule has 0 aliphatic carbocycles. The Morgan fingerprint density at radius 3 is 2.05 bits per heavy atom. The minimum absolute atomic E-state index is 0.00627. The number of hydrogen-bond donors (Lipinski definition) is 1. The quantitative estimate of drug-likeness (QED) is 0.875. The topological polar surface area (TPSA) is 63.6 Å². The monoisotopic (exact) mass is 284 g/mol. The molecule has 4 heteroatoms. The first kappa shape index (κ1) is 14.8. The molecule has 21 heavy (non-hydrogen) atoms. The van der Waals surface area contributed by atoms with Crippen molar-refractivity contribution in [1.82, 2.24) is 0 Å². The van der Waals surface area contributed by atoms with Crippen LogP contribution in [0, 0.1) is 13.8 Å². The van der Waals surface area contributed by atoms with Crippen LogP contribution in [0.25, 0.3) is 0 Å². The van der Waals surface area contributed by atoms with E-state index in [-0.39, 0.29) is 16.9 Å². The predicted octanol–water partition coefficient (Wildman–Crippen LogP) is 3.24. The van der Waals surface area contributed by atoms with E-state index < -0.39 is 5.97 Å². The first-order chi connectivity index (χ1) is 9.93. The number of methoxy groups -OCH3 is 1. The van der Waals surface area contributed by atoms with Gasteiger partial charge >= 0.3 is 5.97 Å². The summed E-state index contributed by atoms with van der Waals surface area (Å²) in [6.07, 6.45) is 0. The molecule has 0 unspecified atom stereocenters. The number of rotatable bonds is 4. The third-order valence-corrected chi connectivity index (χ3v) is 3.25. The van der Waals surface area contributed by atoms with Crippen molar-refractivity contribution in [3.63, 3.8) is 0 Å². The normalized spacial score (nSPS) is 10.2. The molecule has 0 atom stereocenters. The number of benzene rings is 2. The molecule has 2 rings (SSSR count). The lowest BCUT2D eigenvalue weighted by atomic mass is 9.95. The van der Waals surface area contributed by atoms with Gasteiger partial charge in [-0.05, 0) is 43.7 Å². The molecular weight excluding hydrogens is 268 g/mol. The van der Waals surface area contributed by atoms with Crippen LogP contribution in [-0.2, 0) is 0 Å². The standard InChI is InChI=1S/C17H16O4/c1-10-4-6-12(17(19)20)14(8-10)16(18)13-7-5-11(2)9-15(13)21-3/h4-9H,1-3H3,(H,19,20). The fourth-order valence-electron chi connectivity index (χ4n) is 2.16. The van der Waals surface area contributed by atoms with E-state index in [9.17, 15) is 14.7 Å². The summed E-state index contributed by atoms with van der Waals surface area (Å²) < 4.78 is 5.23. The number of aryl methyl sites for hydroxylation is 2. The minimum Gasteiger partial charge on any atom is -0.496 e. The molecule has 0 amide bonds. The Hall–Kier alpha value is -2.62. The molecule has 108 valence electrons. The van der Waals surface area contributed by atoms with Crippen molar-refractivity contribution < 1.29 is 19.4 Å². The first-order valence-corrected chi connectivity index (χ1v) is 6.47. The summed E-state index contributed by atoms with van der Waals surface area (Å²) in [4.78, 5) is 24.0. The van der Waals surface area contributed by atoms with Crippen LogP contribution in [0.15, 0.2) is 36.4 Å². The number of ketones is 1. The van der Waals surface area contributed by atoms with E-state index in [4.69, 9.17) is 4.74 Å². The van der Waals surface area contributed by atoms with Gasteiger partial charge in [0.1, 0.15) is 5.75 Å². The molecule has 0 saturated carbocycles. The van der Waals surface area contributed by atoms with Gasteiger partial charge in [0, 0.05) is 5.56 Å². The largest absolute Gasteiger partial charge is 0.496 e. The predicted molar refractivity (Wildman–Crippen MR) is 79.3 cm³/mol. The Labute approximate surface area is 123 Å². The zero-order valence-electron chi connectivity index (χ0n) is 12.1. The Bertz CT molecular complexity index is 717. The molecule has 4 nitrogen and oxygen atoms in total. The second-order valence-corrected chi connectivity index (χ2v) is 4.89. The van der Waals surface area contributed by atoms with E-state index in [1.807, 2.05) is 13.8 Å². The van der Waals surface area contributed by atoms with Gasteiger partial charge in [-0.15, -0.1) is 0 Å². The first-order valence-electron chi connectivity index (χ1n) is 6.47. The second kappa shape index (κ2) is 5.79. The number of ether oxygens (including phenoxy) is 1. The van der Waals surface area contributed by atoms with Gasteiger partial charge in [0.05, 0.1) is 18.2 Å². The molecule has 0 spiro atoms. The van der Waals surface area contributed by atoms with E-state index in [1.54, 1.807) is 30.3 Å². The highest BCUT2D eigenvalue weighted by Crippen LogP contribution is 2.25. The van der Waals surface area contributed by atoms with E-state index in [0.717, 1.165) is 11.1 Å². The molecule has 0 aliphatic rings.